The van der Waals surface area contributed by atoms with E-state index in [1.165, 1.54) is 0 Å². The van der Waals surface area contributed by atoms with Gasteiger partial charge < -0.3 is 14.8 Å². The van der Waals surface area contributed by atoms with Crippen molar-refractivity contribution in [3.63, 3.8) is 0 Å². The van der Waals surface area contributed by atoms with Crippen LogP contribution in [0.1, 0.15) is 43.2 Å². The predicted molar refractivity (Wildman–Crippen MR) is 124 cm³/mol. The van der Waals surface area contributed by atoms with Crippen LogP contribution in [0.15, 0.2) is 71.6 Å². The third kappa shape index (κ3) is 4.17. The Bertz CT molecular complexity index is 1100. The lowest BCUT2D eigenvalue weighted by Crippen LogP contribution is -2.42. The maximum atomic E-state index is 13.5. The van der Waals surface area contributed by atoms with E-state index in [0.717, 1.165) is 22.6 Å². The third-order valence-corrected chi connectivity index (χ3v) is 6.35. The molecule has 1 heterocycles. The molecule has 32 heavy (non-hydrogen) atoms. The van der Waals surface area contributed by atoms with E-state index in [2.05, 4.69) is 11.4 Å². The van der Waals surface area contributed by atoms with Crippen LogP contribution in [0.25, 0.3) is 0 Å². The van der Waals surface area contributed by atoms with Gasteiger partial charge in [-0.25, -0.2) is 4.79 Å². The van der Waals surface area contributed by atoms with Crippen molar-refractivity contribution >= 4 is 23.4 Å². The molecule has 5 nitrogen and oxygen atoms in total. The van der Waals surface area contributed by atoms with Gasteiger partial charge in [0.15, 0.2) is 0 Å². The van der Waals surface area contributed by atoms with E-state index in [-0.39, 0.29) is 18.3 Å². The first-order valence-electron chi connectivity index (χ1n) is 10.7. The van der Waals surface area contributed by atoms with Crippen molar-refractivity contribution in [1.82, 2.24) is 5.32 Å². The highest BCUT2D eigenvalue weighted by Crippen LogP contribution is 2.46. The van der Waals surface area contributed by atoms with Gasteiger partial charge in [-0.05, 0) is 49.2 Å². The minimum absolute atomic E-state index is 0.0517. The maximum absolute atomic E-state index is 13.5. The molecule has 4 rings (SSSR count). The van der Waals surface area contributed by atoms with Crippen molar-refractivity contribution in [2.75, 3.05) is 13.7 Å². The fraction of sp³-hybridized carbons (Fsp3) is 0.308. The Balaban J connectivity index is 1.80. The van der Waals surface area contributed by atoms with Gasteiger partial charge in [0.2, 0.25) is 0 Å². The number of methoxy groups -OCH3 is 1. The standard InChI is InChI=1S/C26H26ClNO4/c1-4-32-26(30)23-15(2)28-21-13-18(16-8-10-20(31-3)11-9-16)14-22(29)25(21)24(23)17-6-5-7-19(27)12-17/h5-13,18,24-25,28H,4,14H2,1-3H3. The van der Waals surface area contributed by atoms with E-state index in [9.17, 15) is 9.59 Å². The molecule has 0 spiro atoms. The Hall–Kier alpha value is -3.05. The Morgan fingerprint density at radius 1 is 1.12 bits per heavy atom. The second-order valence-corrected chi connectivity index (χ2v) is 8.50. The summed E-state index contributed by atoms with van der Waals surface area (Å²) in [6, 6.07) is 15.1. The van der Waals surface area contributed by atoms with Crippen LogP contribution in [0.5, 0.6) is 5.75 Å². The molecular weight excluding hydrogens is 426 g/mol. The van der Waals surface area contributed by atoms with Crippen molar-refractivity contribution in [2.24, 2.45) is 5.92 Å². The molecule has 1 N–H and O–H groups in total. The molecule has 2 aliphatic rings. The summed E-state index contributed by atoms with van der Waals surface area (Å²) in [7, 11) is 1.63. The van der Waals surface area contributed by atoms with Crippen molar-refractivity contribution in [3.8, 4) is 5.75 Å². The lowest BCUT2D eigenvalue weighted by Gasteiger charge is -2.39. The number of rotatable bonds is 5. The van der Waals surface area contributed by atoms with Gasteiger partial charge in [-0.1, -0.05) is 41.9 Å². The Kier molecular flexibility index (Phi) is 6.38. The quantitative estimate of drug-likeness (QED) is 0.638. The first kappa shape index (κ1) is 22.2. The van der Waals surface area contributed by atoms with Gasteiger partial charge >= 0.3 is 5.97 Å². The van der Waals surface area contributed by atoms with Crippen LogP contribution < -0.4 is 10.1 Å². The number of nitrogens with one attached hydrogen (secondary N) is 1. The molecule has 0 saturated heterocycles. The van der Waals surface area contributed by atoms with E-state index < -0.39 is 17.8 Å². The van der Waals surface area contributed by atoms with Gasteiger partial charge in [-0.3, -0.25) is 4.79 Å². The number of Topliss-reactive ketones (excluding diaryl/α,β-unsaturated/α-hetero) is 1. The number of carbonyl (C=O) groups excluding carboxylic acids is 2. The van der Waals surface area contributed by atoms with Crippen molar-refractivity contribution in [2.45, 2.75) is 32.1 Å². The van der Waals surface area contributed by atoms with Gasteiger partial charge in [0.05, 0.1) is 25.2 Å². The average molecular weight is 452 g/mol. The van der Waals surface area contributed by atoms with Crippen LogP contribution in [0.3, 0.4) is 0 Å². The monoisotopic (exact) mass is 451 g/mol. The number of esters is 1. The van der Waals surface area contributed by atoms with Gasteiger partial charge in [-0.15, -0.1) is 0 Å². The fourth-order valence-corrected chi connectivity index (χ4v) is 4.88. The molecular formula is C26H26ClNO4. The largest absolute Gasteiger partial charge is 0.497 e. The lowest BCUT2D eigenvalue weighted by atomic mass is 9.68. The summed E-state index contributed by atoms with van der Waals surface area (Å²) in [6.45, 7) is 3.88. The molecule has 0 bridgehead atoms. The van der Waals surface area contributed by atoms with Gasteiger partial charge in [0, 0.05) is 34.7 Å². The van der Waals surface area contributed by atoms with E-state index in [4.69, 9.17) is 21.1 Å². The normalized spacial score (nSPS) is 22.6. The summed E-state index contributed by atoms with van der Waals surface area (Å²) < 4.78 is 10.6. The number of ether oxygens (including phenoxy) is 2. The molecule has 6 heteroatoms. The molecule has 2 aromatic carbocycles. The van der Waals surface area contributed by atoms with Crippen LogP contribution in [0.2, 0.25) is 5.02 Å². The first-order chi connectivity index (χ1) is 15.4. The van der Waals surface area contributed by atoms with Gasteiger partial charge in [0.1, 0.15) is 11.5 Å². The number of benzene rings is 2. The van der Waals surface area contributed by atoms with E-state index in [1.54, 1.807) is 20.1 Å². The number of halogens is 1. The molecule has 0 radical (unpaired) electrons. The molecule has 2 aromatic rings. The molecule has 1 aliphatic carbocycles. The number of hydrogen-bond donors (Lipinski definition) is 1. The molecule has 0 aromatic heterocycles. The van der Waals surface area contributed by atoms with Crippen LogP contribution in [-0.4, -0.2) is 25.5 Å². The minimum Gasteiger partial charge on any atom is -0.497 e. The van der Waals surface area contributed by atoms with Crippen molar-refractivity contribution < 1.29 is 19.1 Å². The summed E-state index contributed by atoms with van der Waals surface area (Å²) in [6.07, 6.45) is 2.46. The van der Waals surface area contributed by atoms with Crippen LogP contribution >= 0.6 is 11.6 Å². The number of hydrogen-bond acceptors (Lipinski definition) is 5. The number of allylic oxidation sites excluding steroid dienone is 3. The third-order valence-electron chi connectivity index (χ3n) is 6.11. The summed E-state index contributed by atoms with van der Waals surface area (Å²) in [4.78, 5) is 26.4. The summed E-state index contributed by atoms with van der Waals surface area (Å²) in [5, 5.41) is 3.90. The van der Waals surface area contributed by atoms with Gasteiger partial charge in [-0.2, -0.15) is 0 Å². The Morgan fingerprint density at radius 3 is 2.53 bits per heavy atom. The predicted octanol–water partition coefficient (Wildman–Crippen LogP) is 5.13. The van der Waals surface area contributed by atoms with Crippen molar-refractivity contribution in [1.29, 1.82) is 0 Å². The molecule has 0 amide bonds. The van der Waals surface area contributed by atoms with E-state index in [1.807, 2.05) is 49.4 Å². The van der Waals surface area contributed by atoms with Crippen LogP contribution in [0.4, 0.5) is 0 Å². The molecule has 166 valence electrons. The second-order valence-electron chi connectivity index (χ2n) is 8.07. The van der Waals surface area contributed by atoms with Gasteiger partial charge in [0.25, 0.3) is 0 Å². The highest BCUT2D eigenvalue weighted by atomic mass is 35.5. The second kappa shape index (κ2) is 9.21. The van der Waals surface area contributed by atoms with Crippen LogP contribution in [-0.2, 0) is 14.3 Å². The molecule has 0 saturated carbocycles. The Labute approximate surface area is 193 Å². The average Bonchev–Trinajstić information content (AvgIpc) is 2.78. The number of fused-ring (bicyclic) bond motifs is 1. The number of ketones is 1. The van der Waals surface area contributed by atoms with Crippen LogP contribution in [0, 0.1) is 5.92 Å². The summed E-state index contributed by atoms with van der Waals surface area (Å²) in [5.74, 6) is -0.558. The SMILES string of the molecule is CCOC(=O)C1=C(C)NC2=CC(c3ccc(OC)cc3)CC(=O)C2C1c1cccc(Cl)c1. The highest BCUT2D eigenvalue weighted by Gasteiger charge is 2.45. The summed E-state index contributed by atoms with van der Waals surface area (Å²) in [5.41, 5.74) is 3.86. The zero-order valence-electron chi connectivity index (χ0n) is 18.4. The summed E-state index contributed by atoms with van der Waals surface area (Å²) >= 11 is 6.27. The van der Waals surface area contributed by atoms with Crippen molar-refractivity contribution in [3.05, 3.63) is 87.7 Å². The zero-order chi connectivity index (χ0) is 22.8. The number of carbonyl (C=O) groups is 2. The van der Waals surface area contributed by atoms with E-state index >= 15 is 0 Å². The topological polar surface area (TPSA) is 64.6 Å². The molecule has 1 aliphatic heterocycles. The molecule has 3 unspecified atom stereocenters. The smallest absolute Gasteiger partial charge is 0.336 e. The Morgan fingerprint density at radius 2 is 1.88 bits per heavy atom. The minimum atomic E-state index is -0.494. The van der Waals surface area contributed by atoms with E-state index in [0.29, 0.717) is 22.7 Å². The highest BCUT2D eigenvalue weighted by molar-refractivity contribution is 6.30. The molecule has 3 atom stereocenters. The zero-order valence-corrected chi connectivity index (χ0v) is 19.1. The fourth-order valence-electron chi connectivity index (χ4n) is 4.68. The maximum Gasteiger partial charge on any atom is 0.336 e. The molecule has 0 fully saturated rings. The lowest BCUT2D eigenvalue weighted by molar-refractivity contribution is -0.139. The first-order valence-corrected chi connectivity index (χ1v) is 11.1.